The highest BCUT2D eigenvalue weighted by Crippen LogP contribution is 2.27. The van der Waals surface area contributed by atoms with Gasteiger partial charge in [-0.25, -0.2) is 0 Å². The van der Waals surface area contributed by atoms with Crippen molar-refractivity contribution in [1.29, 1.82) is 0 Å². The van der Waals surface area contributed by atoms with Crippen LogP contribution in [0.1, 0.15) is 12.8 Å². The second kappa shape index (κ2) is 3.66. The lowest BCUT2D eigenvalue weighted by Gasteiger charge is -2.09. The van der Waals surface area contributed by atoms with Crippen molar-refractivity contribution in [2.24, 2.45) is 5.92 Å². The summed E-state index contributed by atoms with van der Waals surface area (Å²) >= 11 is 1.79. The molecule has 1 saturated heterocycles. The molecule has 1 amide bonds. The van der Waals surface area contributed by atoms with E-state index in [0.717, 1.165) is 24.1 Å². The number of amides is 1. The minimum Gasteiger partial charge on any atom is -0.354 e. The zero-order valence-corrected chi connectivity index (χ0v) is 7.82. The van der Waals surface area contributed by atoms with Crippen molar-refractivity contribution in [3.8, 4) is 0 Å². The van der Waals surface area contributed by atoms with E-state index in [4.69, 9.17) is 0 Å². The topological polar surface area (TPSA) is 41.1 Å². The van der Waals surface area contributed by atoms with Gasteiger partial charge in [0.15, 0.2) is 0 Å². The number of thioether (sulfide) groups is 1. The first-order valence-electron chi connectivity index (χ1n) is 4.45. The summed E-state index contributed by atoms with van der Waals surface area (Å²) in [4.78, 5) is 11.4. The van der Waals surface area contributed by atoms with Gasteiger partial charge in [-0.05, 0) is 18.8 Å². The smallest absolute Gasteiger partial charge is 0.238 e. The highest BCUT2D eigenvalue weighted by molar-refractivity contribution is 7.99. The molecule has 0 spiro atoms. The number of hydrogen-bond acceptors (Lipinski definition) is 3. The number of carbonyl (C=O) groups excluding carboxylic acids is 1. The zero-order chi connectivity index (χ0) is 8.39. The van der Waals surface area contributed by atoms with E-state index in [2.05, 4.69) is 10.6 Å². The number of nitrogens with one attached hydrogen (secondary N) is 2. The number of rotatable bonds is 3. The Morgan fingerprint density at radius 1 is 1.58 bits per heavy atom. The van der Waals surface area contributed by atoms with Crippen LogP contribution in [0.25, 0.3) is 0 Å². The third-order valence-corrected chi connectivity index (χ3v) is 3.23. The third-order valence-electron chi connectivity index (χ3n) is 2.29. The van der Waals surface area contributed by atoms with E-state index in [1.807, 2.05) is 0 Å². The van der Waals surface area contributed by atoms with Gasteiger partial charge in [-0.2, -0.15) is 0 Å². The van der Waals surface area contributed by atoms with E-state index < -0.39 is 0 Å². The molecule has 0 aromatic heterocycles. The molecule has 0 bridgehead atoms. The van der Waals surface area contributed by atoms with Gasteiger partial charge in [-0.15, -0.1) is 11.8 Å². The maximum Gasteiger partial charge on any atom is 0.238 e. The molecule has 4 heteroatoms. The number of hydrogen-bond donors (Lipinski definition) is 2. The lowest BCUT2D eigenvalue weighted by Crippen LogP contribution is -2.42. The van der Waals surface area contributed by atoms with Gasteiger partial charge in [0.1, 0.15) is 0 Å². The fraction of sp³-hybridized carbons (Fsp3) is 0.875. The van der Waals surface area contributed by atoms with E-state index in [9.17, 15) is 4.79 Å². The summed E-state index contributed by atoms with van der Waals surface area (Å²) in [6.45, 7) is 0.891. The molecule has 2 fully saturated rings. The van der Waals surface area contributed by atoms with Crippen LogP contribution in [-0.4, -0.2) is 30.1 Å². The van der Waals surface area contributed by atoms with Crippen molar-refractivity contribution < 1.29 is 4.79 Å². The van der Waals surface area contributed by atoms with Gasteiger partial charge in [0, 0.05) is 18.2 Å². The molecule has 0 aromatic rings. The average molecular weight is 186 g/mol. The SMILES string of the molecule is O=C(NCC1CC1)[C@H]1CSCN1. The summed E-state index contributed by atoms with van der Waals surface area (Å²) in [6, 6.07) is 0.0637. The molecule has 1 atom stereocenters. The zero-order valence-electron chi connectivity index (χ0n) is 7.01. The maximum absolute atomic E-state index is 11.4. The summed E-state index contributed by atoms with van der Waals surface area (Å²) in [5, 5.41) is 6.12. The van der Waals surface area contributed by atoms with E-state index in [-0.39, 0.29) is 11.9 Å². The summed E-state index contributed by atoms with van der Waals surface area (Å²) < 4.78 is 0. The van der Waals surface area contributed by atoms with Gasteiger partial charge >= 0.3 is 0 Å². The Bertz CT molecular complexity index is 176. The van der Waals surface area contributed by atoms with Gasteiger partial charge in [-0.1, -0.05) is 0 Å². The predicted octanol–water partition coefficient (Wildman–Crippen LogP) is 0.175. The Hall–Kier alpha value is -0.220. The highest BCUT2D eigenvalue weighted by Gasteiger charge is 2.25. The molecule has 0 radical (unpaired) electrons. The first-order chi connectivity index (χ1) is 5.86. The second-order valence-corrected chi connectivity index (χ2v) is 4.49. The van der Waals surface area contributed by atoms with Crippen molar-refractivity contribution >= 4 is 17.7 Å². The molecule has 1 saturated carbocycles. The summed E-state index contributed by atoms with van der Waals surface area (Å²) in [5.41, 5.74) is 0. The molecule has 68 valence electrons. The van der Waals surface area contributed by atoms with Crippen LogP contribution in [0.5, 0.6) is 0 Å². The Morgan fingerprint density at radius 3 is 3.00 bits per heavy atom. The van der Waals surface area contributed by atoms with E-state index in [0.29, 0.717) is 0 Å². The molecule has 1 aliphatic heterocycles. The number of carbonyl (C=O) groups is 1. The molecule has 2 rings (SSSR count). The monoisotopic (exact) mass is 186 g/mol. The Labute approximate surface area is 76.7 Å². The molecular weight excluding hydrogens is 172 g/mol. The van der Waals surface area contributed by atoms with Crippen LogP contribution in [0.3, 0.4) is 0 Å². The van der Waals surface area contributed by atoms with Crippen LogP contribution in [0.2, 0.25) is 0 Å². The molecule has 0 unspecified atom stereocenters. The van der Waals surface area contributed by atoms with Crippen molar-refractivity contribution in [2.45, 2.75) is 18.9 Å². The van der Waals surface area contributed by atoms with Gasteiger partial charge in [0.2, 0.25) is 5.91 Å². The summed E-state index contributed by atoms with van der Waals surface area (Å²) in [5.74, 6) is 2.81. The van der Waals surface area contributed by atoms with E-state index in [1.165, 1.54) is 12.8 Å². The largest absolute Gasteiger partial charge is 0.354 e. The highest BCUT2D eigenvalue weighted by atomic mass is 32.2. The Morgan fingerprint density at radius 2 is 2.42 bits per heavy atom. The van der Waals surface area contributed by atoms with Crippen LogP contribution < -0.4 is 10.6 Å². The Kier molecular flexibility index (Phi) is 2.56. The van der Waals surface area contributed by atoms with Crippen LogP contribution in [0.4, 0.5) is 0 Å². The van der Waals surface area contributed by atoms with E-state index in [1.54, 1.807) is 11.8 Å². The molecule has 0 aromatic carbocycles. The third kappa shape index (κ3) is 2.14. The predicted molar refractivity (Wildman–Crippen MR) is 50.0 cm³/mol. The molecule has 3 nitrogen and oxygen atoms in total. The lowest BCUT2D eigenvalue weighted by atomic mass is 10.3. The normalized spacial score (nSPS) is 28.8. The minimum atomic E-state index is 0.0637. The fourth-order valence-corrected chi connectivity index (χ4v) is 2.20. The minimum absolute atomic E-state index is 0.0637. The molecule has 2 N–H and O–H groups in total. The summed E-state index contributed by atoms with van der Waals surface area (Å²) in [7, 11) is 0. The maximum atomic E-state index is 11.4. The average Bonchev–Trinajstić information content (AvgIpc) is 2.74. The Balaban J connectivity index is 1.67. The fourth-order valence-electron chi connectivity index (χ4n) is 1.25. The molecular formula is C8H14N2OS. The van der Waals surface area contributed by atoms with Gasteiger partial charge in [-0.3, -0.25) is 10.1 Å². The first kappa shape index (κ1) is 8.38. The van der Waals surface area contributed by atoms with Gasteiger partial charge in [0.05, 0.1) is 6.04 Å². The van der Waals surface area contributed by atoms with Crippen molar-refractivity contribution in [3.63, 3.8) is 0 Å². The first-order valence-corrected chi connectivity index (χ1v) is 5.60. The van der Waals surface area contributed by atoms with Crippen LogP contribution in [-0.2, 0) is 4.79 Å². The lowest BCUT2D eigenvalue weighted by molar-refractivity contribution is -0.122. The van der Waals surface area contributed by atoms with Gasteiger partial charge in [0.25, 0.3) is 0 Å². The quantitative estimate of drug-likeness (QED) is 0.660. The molecule has 12 heavy (non-hydrogen) atoms. The molecule has 1 aliphatic carbocycles. The molecule has 1 heterocycles. The van der Waals surface area contributed by atoms with Crippen LogP contribution >= 0.6 is 11.8 Å². The van der Waals surface area contributed by atoms with Crippen molar-refractivity contribution in [2.75, 3.05) is 18.2 Å². The van der Waals surface area contributed by atoms with Gasteiger partial charge < -0.3 is 5.32 Å². The summed E-state index contributed by atoms with van der Waals surface area (Å²) in [6.07, 6.45) is 2.60. The second-order valence-electron chi connectivity index (χ2n) is 3.46. The van der Waals surface area contributed by atoms with E-state index >= 15 is 0 Å². The standard InChI is InChI=1S/C8H14N2OS/c11-8(7-4-12-5-10-7)9-3-6-1-2-6/h6-7,10H,1-5H2,(H,9,11)/t7-/m1/s1. The van der Waals surface area contributed by atoms with Crippen LogP contribution in [0.15, 0.2) is 0 Å². The van der Waals surface area contributed by atoms with Crippen LogP contribution in [0, 0.1) is 5.92 Å². The van der Waals surface area contributed by atoms with Crippen molar-refractivity contribution in [3.05, 3.63) is 0 Å². The van der Waals surface area contributed by atoms with Crippen molar-refractivity contribution in [1.82, 2.24) is 10.6 Å². The molecule has 2 aliphatic rings.